The third kappa shape index (κ3) is 6.10. The number of hydrogen-bond donors (Lipinski definition) is 1. The lowest BCUT2D eigenvalue weighted by Gasteiger charge is -2.12. The number of carbonyl (C=O) groups is 1. The summed E-state index contributed by atoms with van der Waals surface area (Å²) in [5, 5.41) is 9.30. The average molecular weight is 454 g/mol. The zero-order chi connectivity index (χ0) is 22.6. The van der Waals surface area contributed by atoms with Gasteiger partial charge >= 0.3 is 12.1 Å². The summed E-state index contributed by atoms with van der Waals surface area (Å²) in [7, 11) is 0. The van der Waals surface area contributed by atoms with Crippen molar-refractivity contribution in [1.29, 1.82) is 0 Å². The van der Waals surface area contributed by atoms with Gasteiger partial charge in [-0.2, -0.15) is 18.2 Å². The predicted molar refractivity (Wildman–Crippen MR) is 102 cm³/mol. The van der Waals surface area contributed by atoms with E-state index >= 15 is 0 Å². The molecule has 2 aromatic heterocycles. The van der Waals surface area contributed by atoms with Crippen molar-refractivity contribution in [1.82, 2.24) is 19.5 Å². The number of hydrogen-bond acceptors (Lipinski definition) is 6. The molecule has 1 N–H and O–H groups in total. The molecule has 0 amide bonds. The van der Waals surface area contributed by atoms with E-state index in [1.165, 1.54) is 22.9 Å². The van der Waals surface area contributed by atoms with Gasteiger partial charge in [0.25, 0.3) is 5.56 Å². The predicted octanol–water partition coefficient (Wildman–Crippen LogP) is 3.16. The molecule has 31 heavy (non-hydrogen) atoms. The van der Waals surface area contributed by atoms with Crippen LogP contribution in [0.5, 0.6) is 0 Å². The van der Waals surface area contributed by atoms with E-state index in [1.807, 2.05) is 0 Å². The fraction of sp³-hybridized carbons (Fsp3) is 0.211. The minimum atomic E-state index is -4.68. The van der Waals surface area contributed by atoms with Crippen LogP contribution in [0.15, 0.2) is 52.8 Å². The van der Waals surface area contributed by atoms with Gasteiger partial charge in [0.2, 0.25) is 5.82 Å². The first kappa shape index (κ1) is 22.4. The van der Waals surface area contributed by atoms with Gasteiger partial charge in [-0.3, -0.25) is 9.59 Å². The first-order valence-electron chi connectivity index (χ1n) is 8.69. The Bertz CT molecular complexity index is 1130. The summed E-state index contributed by atoms with van der Waals surface area (Å²) in [6.07, 6.45) is -1.60. The Labute approximate surface area is 176 Å². The highest BCUT2D eigenvalue weighted by molar-refractivity contribution is 7.98. The van der Waals surface area contributed by atoms with Crippen LogP contribution < -0.4 is 5.56 Å². The van der Waals surface area contributed by atoms with Crippen LogP contribution >= 0.6 is 11.8 Å². The number of alkyl halides is 3. The van der Waals surface area contributed by atoms with Gasteiger partial charge in [0.05, 0.1) is 0 Å². The van der Waals surface area contributed by atoms with Gasteiger partial charge in [-0.15, -0.1) is 0 Å². The normalized spacial score (nSPS) is 11.5. The van der Waals surface area contributed by atoms with E-state index < -0.39 is 35.9 Å². The molecule has 7 nitrogen and oxygen atoms in total. The molecule has 0 unspecified atom stereocenters. The second-order valence-electron chi connectivity index (χ2n) is 6.38. The maximum Gasteiger partial charge on any atom is 0.451 e. The Balaban J connectivity index is 1.84. The highest BCUT2D eigenvalue weighted by atomic mass is 32.2. The van der Waals surface area contributed by atoms with Crippen LogP contribution in [0, 0.1) is 5.82 Å². The monoisotopic (exact) mass is 454 g/mol. The summed E-state index contributed by atoms with van der Waals surface area (Å²) >= 11 is 1.10. The summed E-state index contributed by atoms with van der Waals surface area (Å²) in [4.78, 5) is 34.0. The summed E-state index contributed by atoms with van der Waals surface area (Å²) < 4.78 is 52.0. The van der Waals surface area contributed by atoms with Crippen molar-refractivity contribution in [3.05, 3.63) is 81.5 Å². The Hall–Kier alpha value is -3.28. The number of halogens is 4. The van der Waals surface area contributed by atoms with Crippen molar-refractivity contribution in [3.8, 4) is 0 Å². The minimum absolute atomic E-state index is 0.0794. The second kappa shape index (κ2) is 9.25. The van der Waals surface area contributed by atoms with Crippen molar-refractivity contribution in [2.24, 2.45) is 0 Å². The van der Waals surface area contributed by atoms with Crippen molar-refractivity contribution >= 4 is 17.7 Å². The topological polar surface area (TPSA) is 98.0 Å². The minimum Gasteiger partial charge on any atom is -0.480 e. The number of benzene rings is 1. The van der Waals surface area contributed by atoms with Gasteiger partial charge in [0, 0.05) is 36.3 Å². The molecule has 12 heteroatoms. The number of aliphatic carboxylic acids is 1. The molecule has 0 radical (unpaired) electrons. The maximum absolute atomic E-state index is 13.0. The summed E-state index contributed by atoms with van der Waals surface area (Å²) in [6.45, 7) is -0.477. The zero-order valence-electron chi connectivity index (χ0n) is 15.6. The highest BCUT2D eigenvalue weighted by Crippen LogP contribution is 2.25. The third-order valence-corrected chi connectivity index (χ3v) is 5.03. The lowest BCUT2D eigenvalue weighted by Crippen LogP contribution is -2.22. The highest BCUT2D eigenvalue weighted by Gasteiger charge is 2.34. The van der Waals surface area contributed by atoms with Gasteiger partial charge in [0.15, 0.2) is 5.16 Å². The Morgan fingerprint density at radius 3 is 2.32 bits per heavy atom. The third-order valence-electron chi connectivity index (χ3n) is 3.97. The molecule has 0 fully saturated rings. The van der Waals surface area contributed by atoms with Crippen molar-refractivity contribution < 1.29 is 27.5 Å². The Morgan fingerprint density at radius 1 is 1.10 bits per heavy atom. The van der Waals surface area contributed by atoms with Crippen molar-refractivity contribution in [2.45, 2.75) is 30.1 Å². The molecule has 0 saturated carbocycles. The van der Waals surface area contributed by atoms with E-state index in [-0.39, 0.29) is 22.7 Å². The Kier molecular flexibility index (Phi) is 6.68. The van der Waals surface area contributed by atoms with E-state index in [9.17, 15) is 27.2 Å². The molecule has 0 aliphatic rings. The Morgan fingerprint density at radius 2 is 1.74 bits per heavy atom. The molecular formula is C19H14F4N4O3S. The molecule has 0 atom stereocenters. The molecular weight excluding hydrogens is 440 g/mol. The molecule has 162 valence electrons. The molecule has 0 aliphatic carbocycles. The van der Waals surface area contributed by atoms with Gasteiger partial charge in [-0.25, -0.2) is 14.4 Å². The number of thioether (sulfide) groups is 1. The van der Waals surface area contributed by atoms with Crippen LogP contribution in [0.4, 0.5) is 17.6 Å². The maximum atomic E-state index is 13.0. The number of carboxylic acids is 1. The van der Waals surface area contributed by atoms with Crippen LogP contribution in [0.2, 0.25) is 0 Å². The number of aromatic nitrogens is 4. The van der Waals surface area contributed by atoms with E-state index in [4.69, 9.17) is 5.11 Å². The lowest BCUT2D eigenvalue weighted by atomic mass is 10.1. The number of rotatable bonds is 7. The van der Waals surface area contributed by atoms with E-state index in [0.717, 1.165) is 29.7 Å². The average Bonchev–Trinajstić information content (AvgIpc) is 2.70. The van der Waals surface area contributed by atoms with E-state index in [2.05, 4.69) is 15.0 Å². The van der Waals surface area contributed by atoms with Crippen molar-refractivity contribution in [2.75, 3.05) is 0 Å². The smallest absolute Gasteiger partial charge is 0.451 e. The van der Waals surface area contributed by atoms with Crippen LogP contribution in [0.3, 0.4) is 0 Å². The second-order valence-corrected chi connectivity index (χ2v) is 7.32. The van der Waals surface area contributed by atoms with Gasteiger partial charge in [-0.1, -0.05) is 23.9 Å². The molecule has 0 saturated heterocycles. The standard InChI is InChI=1S/C19H14F4N4O3S/c20-14-3-1-11(2-4-14)10-31-18-26-16(30)13(8-27(18)9-15(28)29)5-12-6-24-17(25-7-12)19(21,22)23/h1-4,6-8H,5,9-10H2,(H,28,29). The fourth-order valence-electron chi connectivity index (χ4n) is 2.56. The first-order valence-corrected chi connectivity index (χ1v) is 9.68. The molecule has 3 aromatic rings. The quantitative estimate of drug-likeness (QED) is 0.333. The van der Waals surface area contributed by atoms with Crippen molar-refractivity contribution in [3.63, 3.8) is 0 Å². The van der Waals surface area contributed by atoms with Gasteiger partial charge in [0.1, 0.15) is 12.4 Å². The summed E-state index contributed by atoms with van der Waals surface area (Å²) in [5.74, 6) is -2.55. The first-order chi connectivity index (χ1) is 14.6. The van der Waals surface area contributed by atoms with Crippen LogP contribution in [0.1, 0.15) is 22.5 Å². The molecule has 3 rings (SSSR count). The molecule has 0 spiro atoms. The number of nitrogens with zero attached hydrogens (tertiary/aromatic N) is 4. The largest absolute Gasteiger partial charge is 0.480 e. The molecule has 2 heterocycles. The molecule has 0 aliphatic heterocycles. The SMILES string of the molecule is O=C(O)Cn1cc(Cc2cnc(C(F)(F)F)nc2)c(=O)nc1SCc1ccc(F)cc1. The van der Waals surface area contributed by atoms with Crippen LogP contribution in [0.25, 0.3) is 0 Å². The summed E-state index contributed by atoms with van der Waals surface area (Å²) in [5.41, 5.74) is 0.410. The van der Waals surface area contributed by atoms with Gasteiger partial charge in [-0.05, 0) is 23.3 Å². The van der Waals surface area contributed by atoms with Gasteiger partial charge < -0.3 is 9.67 Å². The molecule has 1 aromatic carbocycles. The summed E-state index contributed by atoms with van der Waals surface area (Å²) in [6, 6.07) is 5.67. The number of carboxylic acid groups (broad SMARTS) is 1. The zero-order valence-corrected chi connectivity index (χ0v) is 16.5. The van der Waals surface area contributed by atoms with E-state index in [0.29, 0.717) is 5.75 Å². The lowest BCUT2D eigenvalue weighted by molar-refractivity contribution is -0.145. The van der Waals surface area contributed by atoms with E-state index in [1.54, 1.807) is 12.1 Å². The fourth-order valence-corrected chi connectivity index (χ4v) is 3.48. The van der Waals surface area contributed by atoms with Crippen LogP contribution in [-0.2, 0) is 29.7 Å². The van der Waals surface area contributed by atoms with Crippen LogP contribution in [-0.4, -0.2) is 30.6 Å². The molecule has 0 bridgehead atoms.